The Balaban J connectivity index is 1.47. The lowest BCUT2D eigenvalue weighted by Gasteiger charge is -2.42. The molecule has 0 N–H and O–H groups in total. The molecule has 2 unspecified atom stereocenters. The van der Waals surface area contributed by atoms with Crippen molar-refractivity contribution < 1.29 is 13.5 Å². The maximum atomic E-state index is 14.6. The summed E-state index contributed by atoms with van der Waals surface area (Å²) in [4.78, 5) is 0. The van der Waals surface area contributed by atoms with Crippen molar-refractivity contribution in [3.05, 3.63) is 11.8 Å². The Kier molecular flexibility index (Phi) is 7.02. The van der Waals surface area contributed by atoms with Crippen LogP contribution >= 0.6 is 0 Å². The first-order valence-electron chi connectivity index (χ1n) is 11.0. The Morgan fingerprint density at radius 1 is 0.731 bits per heavy atom. The molecule has 26 heavy (non-hydrogen) atoms. The van der Waals surface area contributed by atoms with Crippen LogP contribution in [0.15, 0.2) is 11.8 Å². The van der Waals surface area contributed by atoms with Gasteiger partial charge < -0.3 is 4.74 Å². The van der Waals surface area contributed by atoms with Gasteiger partial charge in [-0.05, 0) is 100 Å². The molecule has 2 atom stereocenters. The van der Waals surface area contributed by atoms with Gasteiger partial charge in [0.1, 0.15) is 12.3 Å². The number of alkyl halides is 2. The zero-order valence-corrected chi connectivity index (χ0v) is 16.9. The normalized spacial score (nSPS) is 44.3. The Labute approximate surface area is 159 Å². The molecule has 3 aliphatic rings. The van der Waals surface area contributed by atoms with Gasteiger partial charge in [-0.15, -0.1) is 0 Å². The van der Waals surface area contributed by atoms with Crippen molar-refractivity contribution in [2.75, 3.05) is 0 Å². The van der Waals surface area contributed by atoms with Crippen LogP contribution in [0, 0.1) is 29.6 Å². The molecule has 0 aliphatic heterocycles. The summed E-state index contributed by atoms with van der Waals surface area (Å²) in [6, 6.07) is 0. The Morgan fingerprint density at radius 2 is 1.15 bits per heavy atom. The van der Waals surface area contributed by atoms with E-state index in [-0.39, 0.29) is 5.92 Å². The van der Waals surface area contributed by atoms with Crippen molar-refractivity contribution in [2.45, 2.75) is 103 Å². The molecule has 3 rings (SSSR count). The highest BCUT2D eigenvalue weighted by molar-refractivity contribution is 4.95. The fourth-order valence-electron chi connectivity index (χ4n) is 5.78. The molecule has 150 valence electrons. The summed E-state index contributed by atoms with van der Waals surface area (Å²) < 4.78 is 34.5. The zero-order valence-electron chi connectivity index (χ0n) is 16.9. The standard InChI is InChI=1S/C23H38F2O/c1-15(2)14-26-23-21(24)12-20(13-22(23)25)19-10-8-18(9-11-19)17-6-4-16(3)5-7-17/h14,16-23H,4-13H2,1-3H3. The summed E-state index contributed by atoms with van der Waals surface area (Å²) in [6.45, 7) is 6.15. The number of ether oxygens (including phenoxy) is 1. The summed E-state index contributed by atoms with van der Waals surface area (Å²) >= 11 is 0. The van der Waals surface area contributed by atoms with Crippen LogP contribution in [-0.2, 0) is 4.74 Å². The second-order valence-corrected chi connectivity index (χ2v) is 9.75. The number of halogens is 2. The predicted octanol–water partition coefficient (Wildman–Crippen LogP) is 7.01. The average molecular weight is 369 g/mol. The molecule has 0 aromatic rings. The van der Waals surface area contributed by atoms with Crippen molar-refractivity contribution in [3.8, 4) is 0 Å². The third-order valence-electron chi connectivity index (χ3n) is 7.44. The number of allylic oxidation sites excluding steroid dienone is 1. The van der Waals surface area contributed by atoms with Gasteiger partial charge in [0, 0.05) is 0 Å². The van der Waals surface area contributed by atoms with Crippen LogP contribution in [-0.4, -0.2) is 18.4 Å². The van der Waals surface area contributed by atoms with Crippen molar-refractivity contribution in [1.82, 2.24) is 0 Å². The molecule has 3 saturated carbocycles. The van der Waals surface area contributed by atoms with Crippen LogP contribution in [0.4, 0.5) is 8.78 Å². The molecule has 3 heteroatoms. The lowest BCUT2D eigenvalue weighted by molar-refractivity contribution is -0.0577. The summed E-state index contributed by atoms with van der Waals surface area (Å²) in [5, 5.41) is 0. The molecular weight excluding hydrogens is 330 g/mol. The lowest BCUT2D eigenvalue weighted by atomic mass is 9.65. The molecule has 0 aromatic heterocycles. The van der Waals surface area contributed by atoms with E-state index >= 15 is 0 Å². The topological polar surface area (TPSA) is 9.23 Å². The van der Waals surface area contributed by atoms with Crippen molar-refractivity contribution in [3.63, 3.8) is 0 Å². The quantitative estimate of drug-likeness (QED) is 0.485. The molecule has 0 bridgehead atoms. The first-order valence-corrected chi connectivity index (χ1v) is 11.0. The van der Waals surface area contributed by atoms with Crippen LogP contribution in [0.25, 0.3) is 0 Å². The molecule has 0 saturated heterocycles. The monoisotopic (exact) mass is 368 g/mol. The SMILES string of the molecule is CC(C)=COC1C(F)CC(C2CCC(C3CCC(C)CC3)CC2)CC1F. The molecule has 1 nitrogen and oxygen atoms in total. The molecule has 0 aromatic carbocycles. The summed E-state index contributed by atoms with van der Waals surface area (Å²) in [6.07, 6.45) is 9.77. The molecule has 3 aliphatic carbocycles. The van der Waals surface area contributed by atoms with Crippen LogP contribution in [0.5, 0.6) is 0 Å². The van der Waals surface area contributed by atoms with Gasteiger partial charge in [-0.25, -0.2) is 8.78 Å². The highest BCUT2D eigenvalue weighted by atomic mass is 19.1. The molecule has 0 amide bonds. The minimum Gasteiger partial charge on any atom is -0.492 e. The lowest BCUT2D eigenvalue weighted by Crippen LogP contribution is -2.43. The fraction of sp³-hybridized carbons (Fsp3) is 0.913. The van der Waals surface area contributed by atoms with Gasteiger partial charge in [0.2, 0.25) is 0 Å². The molecule has 0 heterocycles. The van der Waals surface area contributed by atoms with Crippen molar-refractivity contribution in [1.29, 1.82) is 0 Å². The van der Waals surface area contributed by atoms with Crippen molar-refractivity contribution in [2.24, 2.45) is 29.6 Å². The average Bonchev–Trinajstić information content (AvgIpc) is 2.61. The minimum absolute atomic E-state index is 0.207. The van der Waals surface area contributed by atoms with E-state index in [9.17, 15) is 8.78 Å². The second-order valence-electron chi connectivity index (χ2n) is 9.75. The number of rotatable bonds is 4. The van der Waals surface area contributed by atoms with Crippen molar-refractivity contribution >= 4 is 0 Å². The van der Waals surface area contributed by atoms with E-state index < -0.39 is 18.4 Å². The van der Waals surface area contributed by atoms with E-state index in [1.165, 1.54) is 57.6 Å². The maximum Gasteiger partial charge on any atom is 0.160 e. The minimum atomic E-state index is -1.17. The summed E-state index contributed by atoms with van der Waals surface area (Å²) in [7, 11) is 0. The van der Waals surface area contributed by atoms with Crippen LogP contribution in [0.3, 0.4) is 0 Å². The number of hydrogen-bond donors (Lipinski definition) is 0. The second kappa shape index (κ2) is 9.06. The molecule has 3 fully saturated rings. The van der Waals surface area contributed by atoms with E-state index in [2.05, 4.69) is 6.92 Å². The maximum absolute atomic E-state index is 14.6. The highest BCUT2D eigenvalue weighted by Crippen LogP contribution is 2.46. The Bertz CT molecular complexity index is 445. The smallest absolute Gasteiger partial charge is 0.160 e. The third-order valence-corrected chi connectivity index (χ3v) is 7.44. The van der Waals surface area contributed by atoms with E-state index in [0.29, 0.717) is 18.8 Å². The van der Waals surface area contributed by atoms with Gasteiger partial charge in [-0.1, -0.05) is 19.8 Å². The molecular formula is C23H38F2O. The number of hydrogen-bond acceptors (Lipinski definition) is 1. The first kappa shape index (κ1) is 20.1. The molecule has 0 radical (unpaired) electrons. The summed E-state index contributed by atoms with van der Waals surface area (Å²) in [5.74, 6) is 3.43. The summed E-state index contributed by atoms with van der Waals surface area (Å²) in [5.41, 5.74) is 0.946. The van der Waals surface area contributed by atoms with E-state index in [0.717, 1.165) is 23.3 Å². The third kappa shape index (κ3) is 5.01. The van der Waals surface area contributed by atoms with E-state index in [1.54, 1.807) is 0 Å². The molecule has 0 spiro atoms. The van der Waals surface area contributed by atoms with Gasteiger partial charge in [-0.2, -0.15) is 0 Å². The van der Waals surface area contributed by atoms with Crippen LogP contribution in [0.1, 0.15) is 85.0 Å². The van der Waals surface area contributed by atoms with E-state index in [1.807, 2.05) is 13.8 Å². The van der Waals surface area contributed by atoms with Gasteiger partial charge in [-0.3, -0.25) is 0 Å². The Morgan fingerprint density at radius 3 is 1.62 bits per heavy atom. The van der Waals surface area contributed by atoms with Gasteiger partial charge in [0.05, 0.1) is 6.26 Å². The Hall–Kier alpha value is -0.600. The van der Waals surface area contributed by atoms with Gasteiger partial charge in [0.15, 0.2) is 6.10 Å². The fourth-order valence-corrected chi connectivity index (χ4v) is 5.78. The predicted molar refractivity (Wildman–Crippen MR) is 103 cm³/mol. The highest BCUT2D eigenvalue weighted by Gasteiger charge is 2.43. The van der Waals surface area contributed by atoms with Crippen LogP contribution < -0.4 is 0 Å². The largest absolute Gasteiger partial charge is 0.492 e. The first-order chi connectivity index (χ1) is 12.4. The van der Waals surface area contributed by atoms with Crippen LogP contribution in [0.2, 0.25) is 0 Å². The van der Waals surface area contributed by atoms with Gasteiger partial charge >= 0.3 is 0 Å². The van der Waals surface area contributed by atoms with E-state index in [4.69, 9.17) is 4.74 Å². The van der Waals surface area contributed by atoms with Gasteiger partial charge in [0.25, 0.3) is 0 Å². The zero-order chi connectivity index (χ0) is 18.7.